The molecule has 8 heteroatoms. The van der Waals surface area contributed by atoms with Crippen LogP contribution in [-0.2, 0) is 19.6 Å². The fourth-order valence-corrected chi connectivity index (χ4v) is 3.46. The molecule has 7 nitrogen and oxygen atoms in total. The molecule has 0 heterocycles. The van der Waals surface area contributed by atoms with Crippen molar-refractivity contribution >= 4 is 33.2 Å². The Morgan fingerprint density at radius 2 is 1.79 bits per heavy atom. The van der Waals surface area contributed by atoms with Gasteiger partial charge in [-0.2, -0.15) is 4.31 Å². The highest BCUT2D eigenvalue weighted by molar-refractivity contribution is 7.88. The summed E-state index contributed by atoms with van der Waals surface area (Å²) >= 11 is 0. The largest absolute Gasteiger partial charge is 0.326 e. The summed E-state index contributed by atoms with van der Waals surface area (Å²) in [4.78, 5) is 23.1. The van der Waals surface area contributed by atoms with Crippen molar-refractivity contribution in [1.82, 2.24) is 4.31 Å². The second-order valence-electron chi connectivity index (χ2n) is 5.69. The highest BCUT2D eigenvalue weighted by Crippen LogP contribution is 2.16. The molecule has 1 aromatic rings. The molecule has 0 bridgehead atoms. The van der Waals surface area contributed by atoms with Crippen LogP contribution < -0.4 is 10.6 Å². The maximum Gasteiger partial charge on any atom is 0.225 e. The van der Waals surface area contributed by atoms with Gasteiger partial charge in [0.05, 0.1) is 6.26 Å². The van der Waals surface area contributed by atoms with E-state index < -0.39 is 10.0 Å². The van der Waals surface area contributed by atoms with Crippen molar-refractivity contribution in [1.29, 1.82) is 0 Å². The molecule has 2 N–H and O–H groups in total. The molecule has 0 fully saturated rings. The topological polar surface area (TPSA) is 95.6 Å². The third kappa shape index (κ3) is 6.67. The number of sulfonamides is 1. The molecule has 1 unspecified atom stereocenters. The average molecular weight is 355 g/mol. The summed E-state index contributed by atoms with van der Waals surface area (Å²) in [6.45, 7) is 5.25. The van der Waals surface area contributed by atoms with Crippen molar-refractivity contribution < 1.29 is 18.0 Å². The Hall–Kier alpha value is -1.93. The van der Waals surface area contributed by atoms with Crippen LogP contribution in [0.1, 0.15) is 33.6 Å². The zero-order chi connectivity index (χ0) is 18.3. The number of nitrogens with zero attached hydrogens (tertiary/aromatic N) is 1. The van der Waals surface area contributed by atoms with Gasteiger partial charge in [0.2, 0.25) is 21.8 Å². The number of anilines is 2. The molecule has 0 aromatic heterocycles. The number of hydrogen-bond donors (Lipinski definition) is 2. The van der Waals surface area contributed by atoms with E-state index in [0.717, 1.165) is 6.26 Å². The summed E-state index contributed by atoms with van der Waals surface area (Å²) in [5.74, 6) is -0.484. The maximum absolute atomic E-state index is 12.1. The number of carbonyl (C=O) groups excluding carboxylic acids is 2. The van der Waals surface area contributed by atoms with Gasteiger partial charge in [-0.15, -0.1) is 0 Å². The van der Waals surface area contributed by atoms with Crippen LogP contribution in [0.15, 0.2) is 24.3 Å². The van der Waals surface area contributed by atoms with Crippen LogP contribution >= 0.6 is 0 Å². The maximum atomic E-state index is 12.1. The van der Waals surface area contributed by atoms with Gasteiger partial charge in [0.25, 0.3) is 0 Å². The third-order valence-corrected chi connectivity index (χ3v) is 4.93. The van der Waals surface area contributed by atoms with Crippen molar-refractivity contribution in [2.24, 2.45) is 0 Å². The summed E-state index contributed by atoms with van der Waals surface area (Å²) in [6.07, 6.45) is 1.88. The Morgan fingerprint density at radius 1 is 1.21 bits per heavy atom. The summed E-state index contributed by atoms with van der Waals surface area (Å²) < 4.78 is 24.9. The number of hydrogen-bond acceptors (Lipinski definition) is 4. The van der Waals surface area contributed by atoms with Crippen LogP contribution in [0.25, 0.3) is 0 Å². The Balaban J connectivity index is 2.67. The van der Waals surface area contributed by atoms with Gasteiger partial charge in [-0.05, 0) is 31.5 Å². The van der Waals surface area contributed by atoms with Crippen LogP contribution in [0.4, 0.5) is 11.4 Å². The van der Waals surface area contributed by atoms with Crippen LogP contribution in [0, 0.1) is 0 Å². The van der Waals surface area contributed by atoms with E-state index >= 15 is 0 Å². The Labute approximate surface area is 143 Å². The molecule has 134 valence electrons. The van der Waals surface area contributed by atoms with Gasteiger partial charge in [-0.1, -0.05) is 13.0 Å². The first-order chi connectivity index (χ1) is 11.1. The van der Waals surface area contributed by atoms with Gasteiger partial charge in [0.1, 0.15) is 0 Å². The van der Waals surface area contributed by atoms with Crippen LogP contribution in [0.3, 0.4) is 0 Å². The van der Waals surface area contributed by atoms with Gasteiger partial charge in [0, 0.05) is 37.3 Å². The molecule has 1 aromatic carbocycles. The first-order valence-corrected chi connectivity index (χ1v) is 9.62. The van der Waals surface area contributed by atoms with E-state index in [4.69, 9.17) is 0 Å². The molecule has 1 rings (SSSR count). The minimum absolute atomic E-state index is 0.0573. The van der Waals surface area contributed by atoms with E-state index in [1.807, 2.05) is 13.8 Å². The Bertz CT molecular complexity index is 688. The lowest BCUT2D eigenvalue weighted by Crippen LogP contribution is -2.39. The molecule has 0 aliphatic rings. The Kier molecular flexibility index (Phi) is 7.37. The van der Waals surface area contributed by atoms with Gasteiger partial charge in [0.15, 0.2) is 0 Å². The first-order valence-electron chi connectivity index (χ1n) is 7.77. The second kappa shape index (κ2) is 8.79. The van der Waals surface area contributed by atoms with Gasteiger partial charge in [-0.3, -0.25) is 9.59 Å². The monoisotopic (exact) mass is 355 g/mol. The average Bonchev–Trinajstić information content (AvgIpc) is 2.45. The molecular weight excluding hydrogens is 330 g/mol. The lowest BCUT2D eigenvalue weighted by molar-refractivity contribution is -0.116. The van der Waals surface area contributed by atoms with Crippen LogP contribution in [0.2, 0.25) is 0 Å². The summed E-state index contributed by atoms with van der Waals surface area (Å²) in [5, 5.41) is 5.34. The molecule has 0 aliphatic heterocycles. The van der Waals surface area contributed by atoms with Crippen LogP contribution in [0.5, 0.6) is 0 Å². The SMILES string of the molecule is CCC(C)N(CCC(=O)Nc1cccc(NC(C)=O)c1)S(C)(=O)=O. The van der Waals surface area contributed by atoms with Gasteiger partial charge >= 0.3 is 0 Å². The smallest absolute Gasteiger partial charge is 0.225 e. The molecule has 0 aliphatic carbocycles. The number of rotatable bonds is 8. The standard InChI is InChI=1S/C16H25N3O4S/c1-5-12(2)19(24(4,22)23)10-9-16(21)18-15-8-6-7-14(11-15)17-13(3)20/h6-8,11-12H,5,9-10H2,1-4H3,(H,17,20)(H,18,21). The number of amides is 2. The minimum atomic E-state index is -3.36. The summed E-state index contributed by atoms with van der Waals surface area (Å²) in [6, 6.07) is 6.61. The fraction of sp³-hybridized carbons (Fsp3) is 0.500. The second-order valence-corrected chi connectivity index (χ2v) is 7.63. The minimum Gasteiger partial charge on any atom is -0.326 e. The molecule has 24 heavy (non-hydrogen) atoms. The van der Waals surface area contributed by atoms with Crippen molar-refractivity contribution in [3.63, 3.8) is 0 Å². The van der Waals surface area contributed by atoms with Crippen LogP contribution in [-0.4, -0.2) is 43.4 Å². The highest BCUT2D eigenvalue weighted by Gasteiger charge is 2.22. The molecular formula is C16H25N3O4S. The van der Waals surface area contributed by atoms with Crippen molar-refractivity contribution in [3.05, 3.63) is 24.3 Å². The van der Waals surface area contributed by atoms with E-state index in [-0.39, 0.29) is 30.8 Å². The van der Waals surface area contributed by atoms with E-state index in [9.17, 15) is 18.0 Å². The molecule has 0 saturated carbocycles. The molecule has 2 amide bonds. The summed E-state index contributed by atoms with van der Waals surface area (Å²) in [5.41, 5.74) is 1.12. The van der Waals surface area contributed by atoms with Crippen molar-refractivity contribution in [2.45, 2.75) is 39.7 Å². The van der Waals surface area contributed by atoms with E-state index in [1.165, 1.54) is 11.2 Å². The molecule has 0 spiro atoms. The zero-order valence-electron chi connectivity index (χ0n) is 14.5. The van der Waals surface area contributed by atoms with Crippen molar-refractivity contribution in [2.75, 3.05) is 23.4 Å². The van der Waals surface area contributed by atoms with Crippen molar-refractivity contribution in [3.8, 4) is 0 Å². The van der Waals surface area contributed by atoms with E-state index in [1.54, 1.807) is 24.3 Å². The lowest BCUT2D eigenvalue weighted by Gasteiger charge is -2.25. The normalized spacial score (nSPS) is 12.7. The fourth-order valence-electron chi connectivity index (χ4n) is 2.23. The van der Waals surface area contributed by atoms with E-state index in [2.05, 4.69) is 10.6 Å². The van der Waals surface area contributed by atoms with E-state index in [0.29, 0.717) is 17.8 Å². The van der Waals surface area contributed by atoms with Gasteiger partial charge in [-0.25, -0.2) is 8.42 Å². The third-order valence-electron chi connectivity index (χ3n) is 3.53. The zero-order valence-corrected chi connectivity index (χ0v) is 15.3. The van der Waals surface area contributed by atoms with Gasteiger partial charge < -0.3 is 10.6 Å². The molecule has 0 radical (unpaired) electrons. The Morgan fingerprint density at radius 3 is 2.29 bits per heavy atom. The predicted molar refractivity (Wildman–Crippen MR) is 95.3 cm³/mol. The highest BCUT2D eigenvalue weighted by atomic mass is 32.2. The molecule has 0 saturated heterocycles. The quantitative estimate of drug-likeness (QED) is 0.746. The first kappa shape index (κ1) is 20.1. The number of carbonyl (C=O) groups is 2. The number of nitrogens with one attached hydrogen (secondary N) is 2. The summed E-state index contributed by atoms with van der Waals surface area (Å²) in [7, 11) is -3.36. The molecule has 1 atom stereocenters. The number of benzene rings is 1. The lowest BCUT2D eigenvalue weighted by atomic mass is 10.2. The predicted octanol–water partition coefficient (Wildman–Crippen LogP) is 2.03.